The zero-order valence-electron chi connectivity index (χ0n) is 22.3. The topological polar surface area (TPSA) is 76.7 Å². The number of carbonyl (C=O) groups is 2. The van der Waals surface area contributed by atoms with Gasteiger partial charge >= 0.3 is 0 Å². The zero-order valence-corrected chi connectivity index (χ0v) is 22.3. The molecule has 3 aromatic carbocycles. The van der Waals surface area contributed by atoms with Crippen molar-refractivity contribution in [2.45, 2.75) is 59.0 Å². The predicted octanol–water partition coefficient (Wildman–Crippen LogP) is 6.52. The van der Waals surface area contributed by atoms with Crippen molar-refractivity contribution in [3.8, 4) is 11.5 Å². The summed E-state index contributed by atoms with van der Waals surface area (Å²) in [6, 6.07) is 20.2. The highest BCUT2D eigenvalue weighted by molar-refractivity contribution is 5.98. The molecule has 0 spiro atoms. The van der Waals surface area contributed by atoms with Gasteiger partial charge in [-0.15, -0.1) is 0 Å². The van der Waals surface area contributed by atoms with E-state index in [0.29, 0.717) is 34.8 Å². The summed E-state index contributed by atoms with van der Waals surface area (Å²) in [7, 11) is 1.58. The molecule has 196 valence electrons. The molecule has 6 heteroatoms. The van der Waals surface area contributed by atoms with Crippen molar-refractivity contribution in [2.24, 2.45) is 0 Å². The van der Waals surface area contributed by atoms with Crippen LogP contribution >= 0.6 is 0 Å². The van der Waals surface area contributed by atoms with E-state index in [0.717, 1.165) is 24.0 Å². The molecule has 0 unspecified atom stereocenters. The molecule has 0 aromatic heterocycles. The molecule has 6 nitrogen and oxygen atoms in total. The molecule has 2 N–H and O–H groups in total. The molecule has 0 aliphatic rings. The molecule has 0 aliphatic heterocycles. The molecular weight excluding hydrogens is 464 g/mol. The van der Waals surface area contributed by atoms with Gasteiger partial charge in [0.25, 0.3) is 11.8 Å². The third-order valence-corrected chi connectivity index (χ3v) is 6.36. The van der Waals surface area contributed by atoms with Crippen molar-refractivity contribution in [3.05, 3.63) is 94.5 Å². The second-order valence-corrected chi connectivity index (χ2v) is 9.18. The maximum atomic E-state index is 13.2. The molecule has 0 bridgehead atoms. The van der Waals surface area contributed by atoms with Gasteiger partial charge in [-0.2, -0.15) is 0 Å². The molecule has 0 saturated heterocycles. The number of carbonyl (C=O) groups excluding carboxylic acids is 2. The number of ether oxygens (including phenoxy) is 2. The van der Waals surface area contributed by atoms with Crippen LogP contribution in [0.1, 0.15) is 82.6 Å². The largest absolute Gasteiger partial charge is 0.493 e. The van der Waals surface area contributed by atoms with Crippen LogP contribution in [0.2, 0.25) is 0 Å². The SMILES string of the molecule is CCCCCCCOc1ccc(C(NC(=O)c2ccccc2C)NC(=O)c2ccccc2C)cc1OC. The summed E-state index contributed by atoms with van der Waals surface area (Å²) >= 11 is 0. The molecular formula is C31H38N2O4. The van der Waals surface area contributed by atoms with E-state index in [9.17, 15) is 9.59 Å². The average molecular weight is 503 g/mol. The molecule has 0 fully saturated rings. The molecule has 0 atom stereocenters. The zero-order chi connectivity index (χ0) is 26.6. The molecule has 2 amide bonds. The van der Waals surface area contributed by atoms with E-state index in [1.165, 1.54) is 19.3 Å². The number of hydrogen-bond acceptors (Lipinski definition) is 4. The Bertz CT molecular complexity index is 1130. The van der Waals surface area contributed by atoms with Gasteiger partial charge in [0.1, 0.15) is 6.17 Å². The van der Waals surface area contributed by atoms with Crippen LogP contribution < -0.4 is 20.1 Å². The first-order valence-corrected chi connectivity index (χ1v) is 13.0. The van der Waals surface area contributed by atoms with E-state index < -0.39 is 6.17 Å². The summed E-state index contributed by atoms with van der Waals surface area (Å²) in [6.45, 7) is 6.57. The van der Waals surface area contributed by atoms with Crippen LogP contribution in [0, 0.1) is 13.8 Å². The molecule has 3 rings (SSSR count). The minimum Gasteiger partial charge on any atom is -0.493 e. The molecule has 3 aromatic rings. The van der Waals surface area contributed by atoms with Crippen molar-refractivity contribution in [2.75, 3.05) is 13.7 Å². The van der Waals surface area contributed by atoms with Crippen molar-refractivity contribution in [3.63, 3.8) is 0 Å². The standard InChI is InChI=1S/C31H38N2O4/c1-5-6-7-8-13-20-37-27-19-18-24(21-28(27)36-4)29(32-30(34)25-16-11-9-14-22(25)2)33-31(35)26-17-12-10-15-23(26)3/h9-12,14-19,21,29H,5-8,13,20H2,1-4H3,(H,32,34)(H,33,35). The fourth-order valence-corrected chi connectivity index (χ4v) is 4.15. The monoisotopic (exact) mass is 502 g/mol. The number of amides is 2. The van der Waals surface area contributed by atoms with E-state index in [4.69, 9.17) is 9.47 Å². The normalized spacial score (nSPS) is 10.7. The second kappa shape index (κ2) is 14.1. The van der Waals surface area contributed by atoms with Crippen molar-refractivity contribution in [1.29, 1.82) is 0 Å². The van der Waals surface area contributed by atoms with E-state index in [2.05, 4.69) is 17.6 Å². The lowest BCUT2D eigenvalue weighted by atomic mass is 10.1. The van der Waals surface area contributed by atoms with Crippen LogP contribution in [0.15, 0.2) is 66.7 Å². The number of nitrogens with one attached hydrogen (secondary N) is 2. The smallest absolute Gasteiger partial charge is 0.253 e. The number of unbranched alkanes of at least 4 members (excludes halogenated alkanes) is 4. The van der Waals surface area contributed by atoms with Crippen LogP contribution in [-0.4, -0.2) is 25.5 Å². The summed E-state index contributed by atoms with van der Waals surface area (Å²) in [4.78, 5) is 26.4. The first-order chi connectivity index (χ1) is 17.9. The number of benzene rings is 3. The lowest BCUT2D eigenvalue weighted by Gasteiger charge is -2.23. The minimum absolute atomic E-state index is 0.278. The highest BCUT2D eigenvalue weighted by Crippen LogP contribution is 2.30. The van der Waals surface area contributed by atoms with Crippen molar-refractivity contribution in [1.82, 2.24) is 10.6 Å². The Kier molecular flexibility index (Phi) is 10.6. The minimum atomic E-state index is -0.781. The maximum Gasteiger partial charge on any atom is 0.253 e. The Hall–Kier alpha value is -3.80. The quantitative estimate of drug-likeness (QED) is 0.206. The third-order valence-electron chi connectivity index (χ3n) is 6.36. The average Bonchev–Trinajstić information content (AvgIpc) is 2.90. The van der Waals surface area contributed by atoms with Gasteiger partial charge in [-0.1, -0.05) is 75.1 Å². The lowest BCUT2D eigenvalue weighted by molar-refractivity contribution is 0.0882. The first kappa shape index (κ1) is 27.8. The van der Waals surface area contributed by atoms with Gasteiger partial charge in [-0.25, -0.2) is 0 Å². The van der Waals surface area contributed by atoms with Gasteiger partial charge in [0.2, 0.25) is 0 Å². The Labute approximate surface area is 220 Å². The Morgan fingerprint density at radius 2 is 1.32 bits per heavy atom. The second-order valence-electron chi connectivity index (χ2n) is 9.18. The van der Waals surface area contributed by atoms with E-state index >= 15 is 0 Å². The van der Waals surface area contributed by atoms with Crippen molar-refractivity contribution >= 4 is 11.8 Å². The summed E-state index contributed by atoms with van der Waals surface area (Å²) in [5, 5.41) is 5.97. The summed E-state index contributed by atoms with van der Waals surface area (Å²) in [5.74, 6) is 0.626. The molecule has 0 heterocycles. The number of aryl methyl sites for hydroxylation is 2. The van der Waals surface area contributed by atoms with Crippen LogP contribution in [0.4, 0.5) is 0 Å². The van der Waals surface area contributed by atoms with E-state index in [-0.39, 0.29) is 11.8 Å². The third kappa shape index (κ3) is 7.84. The number of methoxy groups -OCH3 is 1. The van der Waals surface area contributed by atoms with E-state index in [1.54, 1.807) is 25.3 Å². The Morgan fingerprint density at radius 3 is 1.86 bits per heavy atom. The Morgan fingerprint density at radius 1 is 0.757 bits per heavy atom. The summed E-state index contributed by atoms with van der Waals surface area (Å²) in [6.07, 6.45) is 4.98. The highest BCUT2D eigenvalue weighted by atomic mass is 16.5. The van der Waals surface area contributed by atoms with Gasteiger partial charge < -0.3 is 20.1 Å². The van der Waals surface area contributed by atoms with Crippen LogP contribution in [-0.2, 0) is 0 Å². The number of hydrogen-bond donors (Lipinski definition) is 2. The van der Waals surface area contributed by atoms with Crippen LogP contribution in [0.3, 0.4) is 0 Å². The maximum absolute atomic E-state index is 13.2. The number of rotatable bonds is 13. The van der Waals surface area contributed by atoms with E-state index in [1.807, 2.05) is 62.4 Å². The van der Waals surface area contributed by atoms with Gasteiger partial charge in [-0.05, 0) is 61.2 Å². The van der Waals surface area contributed by atoms with Gasteiger partial charge in [0, 0.05) is 11.1 Å². The van der Waals surface area contributed by atoms with Crippen LogP contribution in [0.5, 0.6) is 11.5 Å². The van der Waals surface area contributed by atoms with Gasteiger partial charge in [-0.3, -0.25) is 9.59 Å². The molecule has 37 heavy (non-hydrogen) atoms. The Balaban J connectivity index is 1.83. The summed E-state index contributed by atoms with van der Waals surface area (Å²) < 4.78 is 11.6. The highest BCUT2D eigenvalue weighted by Gasteiger charge is 2.22. The van der Waals surface area contributed by atoms with Gasteiger partial charge in [0.05, 0.1) is 13.7 Å². The van der Waals surface area contributed by atoms with Gasteiger partial charge in [0.15, 0.2) is 11.5 Å². The molecule has 0 aliphatic carbocycles. The molecule has 0 radical (unpaired) electrons. The fourth-order valence-electron chi connectivity index (χ4n) is 4.15. The predicted molar refractivity (Wildman–Crippen MR) is 147 cm³/mol. The van der Waals surface area contributed by atoms with Crippen LogP contribution in [0.25, 0.3) is 0 Å². The van der Waals surface area contributed by atoms with Crippen molar-refractivity contribution < 1.29 is 19.1 Å². The summed E-state index contributed by atoms with van der Waals surface area (Å²) in [5.41, 5.74) is 3.48. The lowest BCUT2D eigenvalue weighted by Crippen LogP contribution is -2.41. The molecule has 0 saturated carbocycles. The first-order valence-electron chi connectivity index (χ1n) is 13.0. The fraction of sp³-hybridized carbons (Fsp3) is 0.355.